The molecule has 2 heterocycles. The number of likely N-dealkylation sites (tertiary alicyclic amines) is 2. The van der Waals surface area contributed by atoms with E-state index >= 15 is 0 Å². The maximum Gasteiger partial charge on any atom is 0.311 e. The van der Waals surface area contributed by atoms with E-state index in [0.29, 0.717) is 19.1 Å². The minimum atomic E-state index is -0.664. The van der Waals surface area contributed by atoms with E-state index in [-0.39, 0.29) is 6.54 Å². The van der Waals surface area contributed by atoms with Crippen molar-refractivity contribution in [3.8, 4) is 6.07 Å². The monoisotopic (exact) mass is 278 g/mol. The van der Waals surface area contributed by atoms with Gasteiger partial charge in [-0.05, 0) is 38.8 Å². The van der Waals surface area contributed by atoms with Gasteiger partial charge in [0.15, 0.2) is 0 Å². The molecule has 6 heteroatoms. The highest BCUT2D eigenvalue weighted by molar-refractivity contribution is 6.35. The fraction of sp³-hybridized carbons (Fsp3) is 0.786. The summed E-state index contributed by atoms with van der Waals surface area (Å²) in [5.41, 5.74) is 0. The lowest BCUT2D eigenvalue weighted by atomic mass is 10.00. The van der Waals surface area contributed by atoms with Crippen LogP contribution in [-0.2, 0) is 9.59 Å². The van der Waals surface area contributed by atoms with E-state index in [0.717, 1.165) is 12.8 Å². The number of amides is 2. The van der Waals surface area contributed by atoms with Gasteiger partial charge in [-0.25, -0.2) is 0 Å². The van der Waals surface area contributed by atoms with Gasteiger partial charge < -0.3 is 15.1 Å². The maximum atomic E-state index is 11.9. The molecule has 0 unspecified atom stereocenters. The highest BCUT2D eigenvalue weighted by Gasteiger charge is 2.29. The molecule has 0 aromatic rings. The number of carbonyl (C=O) groups is 2. The van der Waals surface area contributed by atoms with E-state index in [4.69, 9.17) is 5.26 Å². The number of carbonyl (C=O) groups excluding carboxylic acids is 2. The summed E-state index contributed by atoms with van der Waals surface area (Å²) >= 11 is 0. The van der Waals surface area contributed by atoms with E-state index in [2.05, 4.69) is 10.2 Å². The van der Waals surface area contributed by atoms with Gasteiger partial charge >= 0.3 is 11.8 Å². The van der Waals surface area contributed by atoms with Crippen LogP contribution in [0.5, 0.6) is 0 Å². The third-order valence-corrected chi connectivity index (χ3v) is 4.18. The maximum absolute atomic E-state index is 11.9. The van der Waals surface area contributed by atoms with Gasteiger partial charge in [0.2, 0.25) is 0 Å². The zero-order valence-electron chi connectivity index (χ0n) is 11.8. The van der Waals surface area contributed by atoms with Gasteiger partial charge in [-0.15, -0.1) is 0 Å². The fourth-order valence-corrected chi connectivity index (χ4v) is 3.06. The van der Waals surface area contributed by atoms with Gasteiger partial charge in [-0.1, -0.05) is 6.42 Å². The van der Waals surface area contributed by atoms with Crippen molar-refractivity contribution in [1.29, 1.82) is 5.26 Å². The molecule has 110 valence electrons. The lowest BCUT2D eigenvalue weighted by Gasteiger charge is -2.40. The molecule has 2 aliphatic heterocycles. The van der Waals surface area contributed by atoms with Gasteiger partial charge in [0, 0.05) is 19.1 Å². The van der Waals surface area contributed by atoms with Crippen LogP contribution in [0.1, 0.15) is 32.1 Å². The Bertz CT molecular complexity index is 390. The lowest BCUT2D eigenvalue weighted by molar-refractivity contribution is -0.146. The van der Waals surface area contributed by atoms with Crippen LogP contribution < -0.4 is 5.32 Å². The van der Waals surface area contributed by atoms with Gasteiger partial charge in [-0.2, -0.15) is 5.26 Å². The first-order chi connectivity index (χ1) is 9.72. The number of nitriles is 1. The SMILES string of the molecule is N#CCNC(=O)C(=O)N1CCC(N2CCCCC2)CC1. The third kappa shape index (κ3) is 3.70. The molecule has 2 rings (SSSR count). The predicted molar refractivity (Wildman–Crippen MR) is 73.6 cm³/mol. The van der Waals surface area contributed by atoms with Crippen LogP contribution in [0, 0.1) is 11.3 Å². The molecule has 20 heavy (non-hydrogen) atoms. The summed E-state index contributed by atoms with van der Waals surface area (Å²) in [5.74, 6) is -1.17. The molecule has 0 aliphatic carbocycles. The van der Waals surface area contributed by atoms with Crippen LogP contribution in [0.4, 0.5) is 0 Å². The molecular weight excluding hydrogens is 256 g/mol. The van der Waals surface area contributed by atoms with E-state index in [1.165, 1.54) is 32.4 Å². The molecule has 6 nitrogen and oxygen atoms in total. The number of rotatable bonds is 2. The Kier molecular flexibility index (Phi) is 5.36. The van der Waals surface area contributed by atoms with Crippen molar-refractivity contribution in [2.75, 3.05) is 32.7 Å². The van der Waals surface area contributed by atoms with E-state index in [9.17, 15) is 9.59 Å². The summed E-state index contributed by atoms with van der Waals surface area (Å²) < 4.78 is 0. The van der Waals surface area contributed by atoms with Crippen molar-refractivity contribution >= 4 is 11.8 Å². The molecule has 0 spiro atoms. The molecule has 0 aromatic heterocycles. The minimum Gasteiger partial charge on any atom is -0.335 e. The smallest absolute Gasteiger partial charge is 0.311 e. The summed E-state index contributed by atoms with van der Waals surface area (Å²) in [6, 6.07) is 2.35. The van der Waals surface area contributed by atoms with Crippen LogP contribution in [0.2, 0.25) is 0 Å². The molecule has 0 radical (unpaired) electrons. The standard InChI is InChI=1S/C14H22N4O2/c15-6-7-16-13(19)14(20)18-10-4-12(5-11-18)17-8-2-1-3-9-17/h12H,1-5,7-11H2,(H,16,19). The lowest BCUT2D eigenvalue weighted by Crippen LogP contribution is -2.51. The van der Waals surface area contributed by atoms with E-state index < -0.39 is 11.8 Å². The topological polar surface area (TPSA) is 76.4 Å². The number of hydrogen-bond acceptors (Lipinski definition) is 4. The minimum absolute atomic E-state index is 0.116. The Morgan fingerprint density at radius 2 is 1.75 bits per heavy atom. The van der Waals surface area contributed by atoms with Gasteiger partial charge in [-0.3, -0.25) is 9.59 Å². The average Bonchev–Trinajstić information content (AvgIpc) is 2.53. The number of nitrogens with one attached hydrogen (secondary N) is 1. The van der Waals surface area contributed by atoms with Crippen molar-refractivity contribution in [2.45, 2.75) is 38.1 Å². The van der Waals surface area contributed by atoms with E-state index in [1.54, 1.807) is 11.0 Å². The van der Waals surface area contributed by atoms with Crippen molar-refractivity contribution in [2.24, 2.45) is 0 Å². The molecule has 2 amide bonds. The second-order valence-electron chi connectivity index (χ2n) is 5.46. The Labute approximate surface area is 119 Å². The summed E-state index contributed by atoms with van der Waals surface area (Å²) in [5, 5.41) is 10.7. The Hall–Kier alpha value is -1.61. The number of nitrogens with zero attached hydrogens (tertiary/aromatic N) is 3. The highest BCUT2D eigenvalue weighted by atomic mass is 16.2. The van der Waals surface area contributed by atoms with Crippen LogP contribution in [-0.4, -0.2) is 60.4 Å². The number of piperidine rings is 2. The summed E-state index contributed by atoms with van der Waals surface area (Å²) in [4.78, 5) is 27.5. The highest BCUT2D eigenvalue weighted by Crippen LogP contribution is 2.20. The largest absolute Gasteiger partial charge is 0.335 e. The Morgan fingerprint density at radius 3 is 2.35 bits per heavy atom. The Morgan fingerprint density at radius 1 is 1.10 bits per heavy atom. The normalized spacial score (nSPS) is 21.2. The first-order valence-electron chi connectivity index (χ1n) is 7.40. The molecule has 0 saturated carbocycles. The summed E-state index contributed by atoms with van der Waals surface area (Å²) in [6.07, 6.45) is 5.76. The van der Waals surface area contributed by atoms with Gasteiger partial charge in [0.05, 0.1) is 6.07 Å². The Balaban J connectivity index is 1.77. The molecule has 2 fully saturated rings. The molecule has 2 aliphatic rings. The molecule has 0 atom stereocenters. The number of hydrogen-bond donors (Lipinski definition) is 1. The van der Waals surface area contributed by atoms with Gasteiger partial charge in [0.1, 0.15) is 6.54 Å². The molecular formula is C14H22N4O2. The summed E-state index contributed by atoms with van der Waals surface area (Å²) in [6.45, 7) is 3.50. The van der Waals surface area contributed by atoms with Crippen molar-refractivity contribution in [1.82, 2.24) is 15.1 Å². The zero-order valence-corrected chi connectivity index (χ0v) is 11.8. The second-order valence-corrected chi connectivity index (χ2v) is 5.46. The zero-order chi connectivity index (χ0) is 14.4. The third-order valence-electron chi connectivity index (χ3n) is 4.18. The quantitative estimate of drug-likeness (QED) is 0.574. The predicted octanol–water partition coefficient (Wildman–Crippen LogP) is 0.103. The van der Waals surface area contributed by atoms with Crippen LogP contribution in [0.15, 0.2) is 0 Å². The first-order valence-corrected chi connectivity index (χ1v) is 7.40. The van der Waals surface area contributed by atoms with Crippen LogP contribution in [0.25, 0.3) is 0 Å². The van der Waals surface area contributed by atoms with Crippen LogP contribution >= 0.6 is 0 Å². The van der Waals surface area contributed by atoms with E-state index in [1.807, 2.05) is 0 Å². The van der Waals surface area contributed by atoms with Crippen molar-refractivity contribution in [3.05, 3.63) is 0 Å². The average molecular weight is 278 g/mol. The van der Waals surface area contributed by atoms with Crippen molar-refractivity contribution < 1.29 is 9.59 Å². The van der Waals surface area contributed by atoms with Gasteiger partial charge in [0.25, 0.3) is 0 Å². The molecule has 0 aromatic carbocycles. The summed E-state index contributed by atoms with van der Waals surface area (Å²) in [7, 11) is 0. The first kappa shape index (κ1) is 14.8. The molecule has 2 saturated heterocycles. The fourth-order valence-electron chi connectivity index (χ4n) is 3.06. The molecule has 1 N–H and O–H groups in total. The van der Waals surface area contributed by atoms with Crippen LogP contribution in [0.3, 0.4) is 0 Å². The molecule has 0 bridgehead atoms. The van der Waals surface area contributed by atoms with Crippen molar-refractivity contribution in [3.63, 3.8) is 0 Å². The second kappa shape index (κ2) is 7.25.